The molecule has 0 aromatic heterocycles. The predicted molar refractivity (Wildman–Crippen MR) is 112 cm³/mol. The summed E-state index contributed by atoms with van der Waals surface area (Å²) in [5, 5.41) is 17.0. The van der Waals surface area contributed by atoms with Gasteiger partial charge in [0.15, 0.2) is 0 Å². The highest BCUT2D eigenvalue weighted by Crippen LogP contribution is 2.13. The first-order valence-electron chi connectivity index (χ1n) is 10.5. The molecule has 0 aliphatic heterocycles. The number of nitrogens with zero attached hydrogens (tertiary/aromatic N) is 1. The summed E-state index contributed by atoms with van der Waals surface area (Å²) in [7, 11) is 2.00. The van der Waals surface area contributed by atoms with Crippen molar-refractivity contribution in [2.24, 2.45) is 17.8 Å². The second kappa shape index (κ2) is 14.6. The van der Waals surface area contributed by atoms with Crippen LogP contribution >= 0.6 is 0 Å². The number of carbonyl (C=O) groups excluding carboxylic acids is 1. The summed E-state index contributed by atoms with van der Waals surface area (Å²) >= 11 is 0. The molecule has 0 amide bonds. The van der Waals surface area contributed by atoms with E-state index < -0.39 is 0 Å². The number of likely N-dealkylation sites (N-methyl/N-ethyl adjacent to an activating group) is 2. The van der Waals surface area contributed by atoms with Crippen LogP contribution in [0.4, 0.5) is 0 Å². The number of hydrogen-bond donors (Lipinski definition) is 3. The third-order valence-corrected chi connectivity index (χ3v) is 5.22. The molecule has 0 aromatic carbocycles. The van der Waals surface area contributed by atoms with Crippen molar-refractivity contribution >= 4 is 5.78 Å². The first-order valence-corrected chi connectivity index (χ1v) is 10.5. The molecule has 3 N–H and O–H groups in total. The van der Waals surface area contributed by atoms with Crippen LogP contribution in [0.5, 0.6) is 0 Å². The van der Waals surface area contributed by atoms with Crippen molar-refractivity contribution in [3.8, 4) is 0 Å². The van der Waals surface area contributed by atoms with Crippen molar-refractivity contribution in [2.45, 2.75) is 73.0 Å². The van der Waals surface area contributed by atoms with E-state index in [1.54, 1.807) is 0 Å². The number of Topliss-reactive ketones (excluding diaryl/α,β-unsaturated/α-hetero) is 1. The second-order valence-corrected chi connectivity index (χ2v) is 8.43. The lowest BCUT2D eigenvalue weighted by molar-refractivity contribution is -0.123. The Labute approximate surface area is 162 Å². The Balaban J connectivity index is 3.99. The van der Waals surface area contributed by atoms with Crippen molar-refractivity contribution in [3.05, 3.63) is 0 Å². The van der Waals surface area contributed by atoms with Gasteiger partial charge in [-0.15, -0.1) is 0 Å². The molecule has 156 valence electrons. The van der Waals surface area contributed by atoms with Crippen LogP contribution in [-0.4, -0.2) is 67.7 Å². The fraction of sp³-hybridized carbons (Fsp3) is 0.952. The minimum Gasteiger partial charge on any atom is -0.391 e. The van der Waals surface area contributed by atoms with E-state index in [0.29, 0.717) is 12.3 Å². The quantitative estimate of drug-likeness (QED) is 0.364. The third-order valence-electron chi connectivity index (χ3n) is 5.22. The smallest absolute Gasteiger partial charge is 0.149 e. The van der Waals surface area contributed by atoms with Gasteiger partial charge in [0, 0.05) is 12.0 Å². The lowest BCUT2D eigenvalue weighted by atomic mass is 9.95. The zero-order valence-electron chi connectivity index (χ0n) is 18.3. The van der Waals surface area contributed by atoms with Gasteiger partial charge in [0.25, 0.3) is 0 Å². The molecule has 26 heavy (non-hydrogen) atoms. The molecule has 0 spiro atoms. The van der Waals surface area contributed by atoms with Crippen molar-refractivity contribution < 1.29 is 9.90 Å². The van der Waals surface area contributed by atoms with Crippen molar-refractivity contribution in [1.29, 1.82) is 0 Å². The monoisotopic (exact) mass is 371 g/mol. The van der Waals surface area contributed by atoms with E-state index in [9.17, 15) is 9.90 Å². The predicted octanol–water partition coefficient (Wildman–Crippen LogP) is 2.53. The topological polar surface area (TPSA) is 64.6 Å². The Hall–Kier alpha value is -0.490. The van der Waals surface area contributed by atoms with E-state index in [2.05, 4.69) is 36.3 Å². The summed E-state index contributed by atoms with van der Waals surface area (Å²) in [5.74, 6) is 1.34. The number of aliphatic hydroxyl groups excluding tert-OH is 1. The molecule has 0 saturated carbocycles. The van der Waals surface area contributed by atoms with Crippen LogP contribution in [0.1, 0.15) is 60.8 Å². The highest BCUT2D eigenvalue weighted by Gasteiger charge is 2.21. The van der Waals surface area contributed by atoms with Gasteiger partial charge in [-0.1, -0.05) is 34.6 Å². The van der Waals surface area contributed by atoms with E-state index in [0.717, 1.165) is 44.9 Å². The van der Waals surface area contributed by atoms with Crippen molar-refractivity contribution in [1.82, 2.24) is 15.5 Å². The van der Waals surface area contributed by atoms with Crippen LogP contribution in [0.3, 0.4) is 0 Å². The van der Waals surface area contributed by atoms with Crippen LogP contribution in [0, 0.1) is 17.8 Å². The van der Waals surface area contributed by atoms with Crippen LogP contribution in [-0.2, 0) is 4.79 Å². The van der Waals surface area contributed by atoms with Gasteiger partial charge in [-0.05, 0) is 71.2 Å². The molecule has 0 radical (unpaired) electrons. The molecule has 0 heterocycles. The maximum atomic E-state index is 12.4. The summed E-state index contributed by atoms with van der Waals surface area (Å²) in [6.07, 6.45) is 2.63. The number of aliphatic hydroxyl groups is 1. The average Bonchev–Trinajstić information content (AvgIpc) is 2.58. The summed E-state index contributed by atoms with van der Waals surface area (Å²) in [6.45, 7) is 16.8. The van der Waals surface area contributed by atoms with Crippen LogP contribution < -0.4 is 10.6 Å². The standard InChI is InChI=1S/C21H45N3O2/c1-8-23-19(6)21(26)18(5)11-14-24(7)15-20(25)17(4)10-13-22-12-9-16(2)3/h16-19,21-23,26H,8-15H2,1-7H3. The second-order valence-electron chi connectivity index (χ2n) is 8.43. The van der Waals surface area contributed by atoms with E-state index in [-0.39, 0.29) is 24.0 Å². The van der Waals surface area contributed by atoms with Gasteiger partial charge < -0.3 is 15.7 Å². The Kier molecular flexibility index (Phi) is 14.3. The van der Waals surface area contributed by atoms with Crippen LogP contribution in [0.15, 0.2) is 0 Å². The molecule has 4 unspecified atom stereocenters. The Morgan fingerprint density at radius 2 is 1.65 bits per heavy atom. The minimum atomic E-state index is -0.352. The molecule has 0 bridgehead atoms. The highest BCUT2D eigenvalue weighted by atomic mass is 16.3. The first kappa shape index (κ1) is 25.5. The summed E-state index contributed by atoms with van der Waals surface area (Å²) < 4.78 is 0. The maximum absolute atomic E-state index is 12.4. The van der Waals surface area contributed by atoms with Gasteiger partial charge in [-0.25, -0.2) is 0 Å². The normalized spacial score (nSPS) is 16.7. The average molecular weight is 372 g/mol. The van der Waals surface area contributed by atoms with Crippen LogP contribution in [0.25, 0.3) is 0 Å². The molecule has 0 saturated heterocycles. The molecule has 5 heteroatoms. The highest BCUT2D eigenvalue weighted by molar-refractivity contribution is 5.82. The fourth-order valence-corrected chi connectivity index (χ4v) is 3.03. The third kappa shape index (κ3) is 12.0. The molecule has 0 aliphatic rings. The van der Waals surface area contributed by atoms with Gasteiger partial charge in [0.05, 0.1) is 12.6 Å². The van der Waals surface area contributed by atoms with E-state index >= 15 is 0 Å². The molecule has 5 nitrogen and oxygen atoms in total. The molecular weight excluding hydrogens is 326 g/mol. The summed E-state index contributed by atoms with van der Waals surface area (Å²) in [4.78, 5) is 14.5. The van der Waals surface area contributed by atoms with Crippen LogP contribution in [0.2, 0.25) is 0 Å². The Morgan fingerprint density at radius 3 is 2.23 bits per heavy atom. The van der Waals surface area contributed by atoms with Crippen molar-refractivity contribution in [2.75, 3.05) is 39.8 Å². The zero-order chi connectivity index (χ0) is 20.1. The molecular formula is C21H45N3O2. The molecule has 0 rings (SSSR count). The van der Waals surface area contributed by atoms with E-state index in [1.165, 1.54) is 6.42 Å². The maximum Gasteiger partial charge on any atom is 0.149 e. The largest absolute Gasteiger partial charge is 0.391 e. The van der Waals surface area contributed by atoms with E-state index in [4.69, 9.17) is 0 Å². The molecule has 0 aliphatic carbocycles. The van der Waals surface area contributed by atoms with Gasteiger partial charge in [-0.3, -0.25) is 9.69 Å². The number of nitrogens with one attached hydrogen (secondary N) is 2. The summed E-state index contributed by atoms with van der Waals surface area (Å²) in [6, 6.07) is 0.102. The lowest BCUT2D eigenvalue weighted by Gasteiger charge is -2.27. The zero-order valence-corrected chi connectivity index (χ0v) is 18.3. The van der Waals surface area contributed by atoms with Gasteiger partial charge >= 0.3 is 0 Å². The molecule has 0 aromatic rings. The number of rotatable bonds is 16. The SMILES string of the molecule is CCNC(C)C(O)C(C)CCN(C)CC(=O)C(C)CCNCCC(C)C. The summed E-state index contributed by atoms with van der Waals surface area (Å²) in [5.41, 5.74) is 0. The number of carbonyl (C=O) groups is 1. The first-order chi connectivity index (χ1) is 12.2. The Morgan fingerprint density at radius 1 is 1.04 bits per heavy atom. The number of ketones is 1. The van der Waals surface area contributed by atoms with Gasteiger partial charge in [0.2, 0.25) is 0 Å². The van der Waals surface area contributed by atoms with Crippen molar-refractivity contribution in [3.63, 3.8) is 0 Å². The van der Waals surface area contributed by atoms with Gasteiger partial charge in [-0.2, -0.15) is 0 Å². The van der Waals surface area contributed by atoms with Gasteiger partial charge in [0.1, 0.15) is 5.78 Å². The molecule has 0 fully saturated rings. The minimum absolute atomic E-state index is 0.0980. The van der Waals surface area contributed by atoms with E-state index in [1.807, 2.05) is 27.8 Å². The lowest BCUT2D eigenvalue weighted by Crippen LogP contribution is -2.42. The fourth-order valence-electron chi connectivity index (χ4n) is 3.03. The number of hydrogen-bond acceptors (Lipinski definition) is 5. The Bertz CT molecular complexity index is 363. The molecule has 4 atom stereocenters.